The molecule has 2 rings (SSSR count). The van der Waals surface area contributed by atoms with Gasteiger partial charge in [-0.2, -0.15) is 0 Å². The van der Waals surface area contributed by atoms with Crippen molar-refractivity contribution in [3.8, 4) is 0 Å². The van der Waals surface area contributed by atoms with Crippen molar-refractivity contribution in [1.29, 1.82) is 0 Å². The van der Waals surface area contributed by atoms with Crippen LogP contribution < -0.4 is 5.73 Å². The van der Waals surface area contributed by atoms with E-state index in [1.165, 1.54) is 5.56 Å². The molecule has 0 amide bonds. The highest BCUT2D eigenvalue weighted by Crippen LogP contribution is 2.12. The van der Waals surface area contributed by atoms with Crippen molar-refractivity contribution in [3.63, 3.8) is 0 Å². The summed E-state index contributed by atoms with van der Waals surface area (Å²) in [6.07, 6.45) is -0.0906. The van der Waals surface area contributed by atoms with Gasteiger partial charge in [0.25, 0.3) is 0 Å². The van der Waals surface area contributed by atoms with Gasteiger partial charge in [0, 0.05) is 6.04 Å². The predicted molar refractivity (Wildman–Crippen MR) is 92.6 cm³/mol. The minimum atomic E-state index is -1.08. The molecule has 2 aromatic carbocycles. The van der Waals surface area contributed by atoms with Crippen LogP contribution in [0, 0.1) is 5.92 Å². The molecule has 2 unspecified atom stereocenters. The van der Waals surface area contributed by atoms with Crippen molar-refractivity contribution in [3.05, 3.63) is 71.8 Å². The molecule has 0 fully saturated rings. The molecule has 0 saturated heterocycles. The van der Waals surface area contributed by atoms with E-state index in [2.05, 4.69) is 0 Å². The molecule has 0 aliphatic heterocycles. The Morgan fingerprint density at radius 2 is 1.46 bits per heavy atom. The van der Waals surface area contributed by atoms with Crippen LogP contribution in [0.4, 0.5) is 0 Å². The first-order valence-corrected chi connectivity index (χ1v) is 7.69. The Kier molecular flexibility index (Phi) is 8.22. The summed E-state index contributed by atoms with van der Waals surface area (Å²) in [6.45, 7) is 1.98. The van der Waals surface area contributed by atoms with E-state index in [1.807, 2.05) is 43.3 Å². The summed E-state index contributed by atoms with van der Waals surface area (Å²) < 4.78 is 0. The third kappa shape index (κ3) is 7.56. The second-order valence-corrected chi connectivity index (χ2v) is 5.52. The minimum absolute atomic E-state index is 0.159. The summed E-state index contributed by atoms with van der Waals surface area (Å²) in [5, 5.41) is 17.4. The normalized spacial score (nSPS) is 12.4. The molecule has 0 spiro atoms. The van der Waals surface area contributed by atoms with Gasteiger partial charge in [-0.3, -0.25) is 9.59 Å². The molecule has 0 aromatic heterocycles. The Morgan fingerprint density at radius 3 is 1.83 bits per heavy atom. The second-order valence-electron chi connectivity index (χ2n) is 5.52. The number of carbonyl (C=O) groups is 2. The molecule has 2 aromatic rings. The van der Waals surface area contributed by atoms with Crippen LogP contribution in [0.2, 0.25) is 0 Å². The van der Waals surface area contributed by atoms with Crippen LogP contribution in [0.5, 0.6) is 0 Å². The quantitative estimate of drug-likeness (QED) is 0.756. The van der Waals surface area contributed by atoms with Crippen LogP contribution in [0.1, 0.15) is 30.5 Å². The number of nitrogens with two attached hydrogens (primary N) is 1. The molecular formula is C19H23NO4. The fraction of sp³-hybridized carbons (Fsp3) is 0.263. The first kappa shape index (κ1) is 19.4. The monoisotopic (exact) mass is 329 g/mol. The SMILES string of the molecule is CC(N)c1ccccc1.O=C(O)CC(Cc1ccccc1)C(=O)O. The molecule has 0 aliphatic carbocycles. The number of carboxylic acid groups (broad SMARTS) is 2. The van der Waals surface area contributed by atoms with Crippen LogP contribution in [0.3, 0.4) is 0 Å². The summed E-state index contributed by atoms with van der Waals surface area (Å²) in [5.74, 6) is -3.01. The molecule has 0 heterocycles. The van der Waals surface area contributed by atoms with E-state index < -0.39 is 17.9 Å². The molecule has 4 N–H and O–H groups in total. The summed E-state index contributed by atoms with van der Waals surface area (Å²) in [5.41, 5.74) is 7.64. The van der Waals surface area contributed by atoms with Gasteiger partial charge >= 0.3 is 11.9 Å². The lowest BCUT2D eigenvalue weighted by Crippen LogP contribution is -2.20. The summed E-state index contributed by atoms with van der Waals surface area (Å²) in [6, 6.07) is 19.2. The van der Waals surface area contributed by atoms with E-state index in [4.69, 9.17) is 15.9 Å². The van der Waals surface area contributed by atoms with Crippen LogP contribution in [0.25, 0.3) is 0 Å². The molecule has 0 bridgehead atoms. The van der Waals surface area contributed by atoms with Crippen molar-refractivity contribution < 1.29 is 19.8 Å². The lowest BCUT2D eigenvalue weighted by molar-refractivity contribution is -0.148. The van der Waals surface area contributed by atoms with Crippen molar-refractivity contribution >= 4 is 11.9 Å². The molecule has 5 nitrogen and oxygen atoms in total. The maximum absolute atomic E-state index is 10.8. The Morgan fingerprint density at radius 1 is 0.958 bits per heavy atom. The van der Waals surface area contributed by atoms with Crippen LogP contribution in [-0.4, -0.2) is 22.2 Å². The van der Waals surface area contributed by atoms with Gasteiger partial charge < -0.3 is 15.9 Å². The molecule has 0 saturated carbocycles. The van der Waals surface area contributed by atoms with Crippen LogP contribution in [-0.2, 0) is 16.0 Å². The summed E-state index contributed by atoms with van der Waals surface area (Å²) in [4.78, 5) is 21.2. The lowest BCUT2D eigenvalue weighted by Gasteiger charge is -2.09. The van der Waals surface area contributed by atoms with Gasteiger partial charge in [-0.05, 0) is 24.5 Å². The van der Waals surface area contributed by atoms with Gasteiger partial charge in [-0.25, -0.2) is 0 Å². The fourth-order valence-corrected chi connectivity index (χ4v) is 2.11. The Bertz CT molecular complexity index is 626. The van der Waals surface area contributed by atoms with Crippen molar-refractivity contribution in [2.75, 3.05) is 0 Å². The summed E-state index contributed by atoms with van der Waals surface area (Å²) in [7, 11) is 0. The van der Waals surface area contributed by atoms with Crippen molar-refractivity contribution in [2.24, 2.45) is 11.7 Å². The summed E-state index contributed by atoms with van der Waals surface area (Å²) >= 11 is 0. The van der Waals surface area contributed by atoms with Gasteiger partial charge in [-0.1, -0.05) is 60.7 Å². The number of carboxylic acids is 2. The number of hydrogen-bond donors (Lipinski definition) is 3. The molecule has 24 heavy (non-hydrogen) atoms. The van der Waals surface area contributed by atoms with E-state index in [0.717, 1.165) is 5.56 Å². The van der Waals surface area contributed by atoms with E-state index in [-0.39, 0.29) is 18.9 Å². The standard InChI is InChI=1S/C11H12O4.C8H11N/c12-10(13)7-9(11(14)15)6-8-4-2-1-3-5-8;1-7(9)8-5-3-2-4-6-8/h1-5,9H,6-7H2,(H,12,13)(H,14,15);2-7H,9H2,1H3. The molecular weight excluding hydrogens is 306 g/mol. The zero-order chi connectivity index (χ0) is 17.9. The fourth-order valence-electron chi connectivity index (χ4n) is 2.11. The van der Waals surface area contributed by atoms with Crippen LogP contribution >= 0.6 is 0 Å². The zero-order valence-corrected chi connectivity index (χ0v) is 13.6. The number of hydrogen-bond acceptors (Lipinski definition) is 3. The predicted octanol–water partition coefficient (Wildman–Crippen LogP) is 3.11. The molecule has 0 aliphatic rings. The highest BCUT2D eigenvalue weighted by molar-refractivity contribution is 5.77. The van der Waals surface area contributed by atoms with Crippen molar-refractivity contribution in [2.45, 2.75) is 25.8 Å². The third-order valence-corrected chi connectivity index (χ3v) is 3.42. The van der Waals surface area contributed by atoms with Gasteiger partial charge in [0.05, 0.1) is 12.3 Å². The highest BCUT2D eigenvalue weighted by atomic mass is 16.4. The molecule has 5 heteroatoms. The number of benzene rings is 2. The lowest BCUT2D eigenvalue weighted by atomic mass is 9.96. The van der Waals surface area contributed by atoms with E-state index in [9.17, 15) is 9.59 Å². The average molecular weight is 329 g/mol. The molecule has 2 atom stereocenters. The van der Waals surface area contributed by atoms with E-state index in [1.54, 1.807) is 24.3 Å². The first-order valence-electron chi connectivity index (χ1n) is 7.69. The molecule has 128 valence electrons. The highest BCUT2D eigenvalue weighted by Gasteiger charge is 2.21. The zero-order valence-electron chi connectivity index (χ0n) is 13.6. The van der Waals surface area contributed by atoms with Crippen LogP contribution in [0.15, 0.2) is 60.7 Å². The minimum Gasteiger partial charge on any atom is -0.481 e. The molecule has 0 radical (unpaired) electrons. The Balaban J connectivity index is 0.000000272. The Labute approximate surface area is 141 Å². The first-order chi connectivity index (χ1) is 11.4. The van der Waals surface area contributed by atoms with E-state index >= 15 is 0 Å². The largest absolute Gasteiger partial charge is 0.481 e. The topological polar surface area (TPSA) is 101 Å². The average Bonchev–Trinajstić information content (AvgIpc) is 2.56. The third-order valence-electron chi connectivity index (χ3n) is 3.42. The van der Waals surface area contributed by atoms with E-state index in [0.29, 0.717) is 0 Å². The maximum atomic E-state index is 10.8. The Hall–Kier alpha value is -2.66. The van der Waals surface area contributed by atoms with Gasteiger partial charge in [0.15, 0.2) is 0 Å². The van der Waals surface area contributed by atoms with Gasteiger partial charge in [0.2, 0.25) is 0 Å². The smallest absolute Gasteiger partial charge is 0.307 e. The number of rotatable bonds is 6. The van der Waals surface area contributed by atoms with Crippen molar-refractivity contribution in [1.82, 2.24) is 0 Å². The van der Waals surface area contributed by atoms with Gasteiger partial charge in [-0.15, -0.1) is 0 Å². The van der Waals surface area contributed by atoms with Gasteiger partial charge in [0.1, 0.15) is 0 Å². The second kappa shape index (κ2) is 10.2. The maximum Gasteiger partial charge on any atom is 0.307 e. The number of aliphatic carboxylic acids is 2.